The molecule has 11 heteroatoms. The molecule has 0 saturated carbocycles. The van der Waals surface area contributed by atoms with Crippen molar-refractivity contribution in [2.75, 3.05) is 19.5 Å². The summed E-state index contributed by atoms with van der Waals surface area (Å²) >= 11 is 6.01. The number of rotatable bonds is 4. The second-order valence-corrected chi connectivity index (χ2v) is 8.78. The molecule has 2 heterocycles. The third-order valence-electron chi connectivity index (χ3n) is 4.94. The summed E-state index contributed by atoms with van der Waals surface area (Å²) in [7, 11) is 0.770. The summed E-state index contributed by atoms with van der Waals surface area (Å²) in [6.45, 7) is 1.85. The number of hydrogen-bond donors (Lipinski definition) is 2. The number of carbonyl (C=O) groups is 1. The molecule has 0 radical (unpaired) electrons. The second-order valence-electron chi connectivity index (χ2n) is 6.59. The van der Waals surface area contributed by atoms with Crippen molar-refractivity contribution >= 4 is 33.4 Å². The molecule has 1 saturated heterocycles. The normalized spacial score (nSPS) is 22.0. The van der Waals surface area contributed by atoms with E-state index in [9.17, 15) is 13.2 Å². The van der Waals surface area contributed by atoms with Crippen LogP contribution >= 0.6 is 11.6 Å². The highest BCUT2D eigenvalue weighted by molar-refractivity contribution is 7.87. The molecular formula is C17H22ClN5O4S. The monoisotopic (exact) mass is 427 g/mol. The molecule has 1 amide bonds. The van der Waals surface area contributed by atoms with E-state index in [1.807, 2.05) is 6.92 Å². The van der Waals surface area contributed by atoms with Gasteiger partial charge >= 0.3 is 0 Å². The number of amides is 1. The van der Waals surface area contributed by atoms with E-state index in [-0.39, 0.29) is 6.42 Å². The van der Waals surface area contributed by atoms with E-state index in [1.165, 1.54) is 14.2 Å². The molecule has 0 aliphatic carbocycles. The molecule has 0 unspecified atom stereocenters. The van der Waals surface area contributed by atoms with Crippen LogP contribution in [0.5, 0.6) is 5.75 Å². The predicted molar refractivity (Wildman–Crippen MR) is 106 cm³/mol. The number of aryl methyl sites for hydroxylation is 1. The van der Waals surface area contributed by atoms with Gasteiger partial charge in [0.2, 0.25) is 5.91 Å². The van der Waals surface area contributed by atoms with Gasteiger partial charge in [0.05, 0.1) is 25.0 Å². The van der Waals surface area contributed by atoms with Crippen LogP contribution in [0.15, 0.2) is 24.4 Å². The minimum atomic E-state index is -3.85. The van der Waals surface area contributed by atoms with Crippen molar-refractivity contribution in [2.45, 2.75) is 25.4 Å². The van der Waals surface area contributed by atoms with Crippen LogP contribution in [0.2, 0.25) is 5.02 Å². The van der Waals surface area contributed by atoms with E-state index in [0.29, 0.717) is 16.5 Å². The highest BCUT2D eigenvalue weighted by atomic mass is 35.5. The van der Waals surface area contributed by atoms with Gasteiger partial charge in [0, 0.05) is 30.4 Å². The highest BCUT2D eigenvalue weighted by Crippen LogP contribution is 2.32. The SMILES string of the molecule is COc1ccc(Cl)cc1NC(=O)[C@H]1C[C@@H](c2cnn(C)c2C)NS(=O)(=O)N1C. The van der Waals surface area contributed by atoms with Crippen molar-refractivity contribution < 1.29 is 17.9 Å². The van der Waals surface area contributed by atoms with Crippen molar-refractivity contribution in [3.05, 3.63) is 40.7 Å². The Morgan fingerprint density at radius 3 is 2.71 bits per heavy atom. The third-order valence-corrected chi connectivity index (χ3v) is 6.77. The van der Waals surface area contributed by atoms with E-state index in [1.54, 1.807) is 36.1 Å². The number of hydrogen-bond acceptors (Lipinski definition) is 5. The van der Waals surface area contributed by atoms with Crippen LogP contribution in [-0.2, 0) is 22.1 Å². The zero-order valence-electron chi connectivity index (χ0n) is 15.9. The zero-order valence-corrected chi connectivity index (χ0v) is 17.5. The van der Waals surface area contributed by atoms with Gasteiger partial charge in [-0.15, -0.1) is 0 Å². The lowest BCUT2D eigenvalue weighted by atomic mass is 10.00. The van der Waals surface area contributed by atoms with Gasteiger partial charge < -0.3 is 10.1 Å². The predicted octanol–water partition coefficient (Wildman–Crippen LogP) is 1.61. The number of aromatic nitrogens is 2. The zero-order chi connectivity index (χ0) is 20.6. The van der Waals surface area contributed by atoms with Crippen LogP contribution < -0.4 is 14.8 Å². The number of halogens is 1. The lowest BCUT2D eigenvalue weighted by molar-refractivity contribution is -0.120. The van der Waals surface area contributed by atoms with E-state index in [0.717, 1.165) is 15.6 Å². The molecule has 1 aliphatic heterocycles. The summed E-state index contributed by atoms with van der Waals surface area (Å²) in [6.07, 6.45) is 1.86. The molecule has 9 nitrogen and oxygen atoms in total. The topological polar surface area (TPSA) is 106 Å². The Kier molecular flexibility index (Phi) is 5.67. The third kappa shape index (κ3) is 3.86. The molecule has 1 aromatic heterocycles. The Hall–Kier alpha value is -2.14. The maximum atomic E-state index is 12.9. The maximum absolute atomic E-state index is 12.9. The standard InChI is InChI=1S/C17H22ClN5O4S/c1-10-12(9-19-22(10)2)13-8-15(23(3)28(25,26)21-13)17(24)20-14-7-11(18)5-6-16(14)27-4/h5-7,9,13,15,21H,8H2,1-4H3,(H,20,24)/t13-,15+/m0/s1. The van der Waals surface area contributed by atoms with Crippen LogP contribution in [0.25, 0.3) is 0 Å². The minimum Gasteiger partial charge on any atom is -0.495 e. The molecule has 0 spiro atoms. The molecule has 152 valence electrons. The molecule has 1 aromatic carbocycles. The van der Waals surface area contributed by atoms with Crippen molar-refractivity contribution in [1.29, 1.82) is 0 Å². The first-order valence-corrected chi connectivity index (χ1v) is 10.3. The van der Waals surface area contributed by atoms with Gasteiger partial charge in [0.25, 0.3) is 10.2 Å². The Morgan fingerprint density at radius 2 is 2.11 bits per heavy atom. The van der Waals surface area contributed by atoms with Crippen LogP contribution in [0.3, 0.4) is 0 Å². The van der Waals surface area contributed by atoms with Crippen molar-refractivity contribution in [3.63, 3.8) is 0 Å². The van der Waals surface area contributed by atoms with Gasteiger partial charge in [0.1, 0.15) is 11.8 Å². The van der Waals surface area contributed by atoms with Gasteiger partial charge in [-0.05, 0) is 31.5 Å². The molecule has 3 rings (SSSR count). The van der Waals surface area contributed by atoms with Gasteiger partial charge in [-0.2, -0.15) is 22.5 Å². The number of nitrogens with zero attached hydrogens (tertiary/aromatic N) is 3. The quantitative estimate of drug-likeness (QED) is 0.771. The second kappa shape index (κ2) is 7.70. The summed E-state index contributed by atoms with van der Waals surface area (Å²) in [5.41, 5.74) is 1.93. The first kappa shape index (κ1) is 20.6. The van der Waals surface area contributed by atoms with Gasteiger partial charge in [-0.25, -0.2) is 0 Å². The van der Waals surface area contributed by atoms with Crippen molar-refractivity contribution in [1.82, 2.24) is 18.8 Å². The van der Waals surface area contributed by atoms with Crippen molar-refractivity contribution in [2.24, 2.45) is 7.05 Å². The molecule has 0 bridgehead atoms. The van der Waals surface area contributed by atoms with Gasteiger partial charge in [-0.3, -0.25) is 9.48 Å². The molecule has 2 aromatic rings. The van der Waals surface area contributed by atoms with E-state index in [4.69, 9.17) is 16.3 Å². The number of ether oxygens (including phenoxy) is 1. The number of carbonyl (C=O) groups excluding carboxylic acids is 1. The largest absolute Gasteiger partial charge is 0.495 e. The Balaban J connectivity index is 1.90. The summed E-state index contributed by atoms with van der Waals surface area (Å²) in [6, 6.07) is 3.34. The molecule has 28 heavy (non-hydrogen) atoms. The number of likely N-dealkylation sites (N-methyl/N-ethyl adjacent to an activating group) is 1. The first-order valence-electron chi connectivity index (χ1n) is 8.52. The van der Waals surface area contributed by atoms with E-state index in [2.05, 4.69) is 15.1 Å². The van der Waals surface area contributed by atoms with Gasteiger partial charge in [-0.1, -0.05) is 11.6 Å². The van der Waals surface area contributed by atoms with Crippen LogP contribution in [0.1, 0.15) is 23.7 Å². The maximum Gasteiger partial charge on any atom is 0.280 e. The Labute approximate surface area is 168 Å². The fraction of sp³-hybridized carbons (Fsp3) is 0.412. The summed E-state index contributed by atoms with van der Waals surface area (Å²) in [5.74, 6) is -0.0449. The number of anilines is 1. The Morgan fingerprint density at radius 1 is 1.39 bits per heavy atom. The molecule has 1 fully saturated rings. The average Bonchev–Trinajstić information content (AvgIpc) is 2.96. The summed E-state index contributed by atoms with van der Waals surface area (Å²) < 4.78 is 35.7. The fourth-order valence-corrected chi connectivity index (χ4v) is 4.60. The number of methoxy groups -OCH3 is 1. The molecule has 2 N–H and O–H groups in total. The number of benzene rings is 1. The van der Waals surface area contributed by atoms with E-state index < -0.39 is 28.2 Å². The smallest absolute Gasteiger partial charge is 0.280 e. The van der Waals surface area contributed by atoms with Crippen LogP contribution in [0.4, 0.5) is 5.69 Å². The number of nitrogens with one attached hydrogen (secondary N) is 2. The molecular weight excluding hydrogens is 406 g/mol. The molecule has 2 atom stereocenters. The summed E-state index contributed by atoms with van der Waals surface area (Å²) in [5, 5.41) is 7.32. The summed E-state index contributed by atoms with van der Waals surface area (Å²) in [4.78, 5) is 12.9. The first-order chi connectivity index (χ1) is 13.1. The highest BCUT2D eigenvalue weighted by Gasteiger charge is 2.41. The fourth-order valence-electron chi connectivity index (χ4n) is 3.16. The van der Waals surface area contributed by atoms with Crippen LogP contribution in [-0.4, -0.2) is 48.6 Å². The lowest BCUT2D eigenvalue weighted by Crippen LogP contribution is -2.56. The van der Waals surface area contributed by atoms with Crippen molar-refractivity contribution in [3.8, 4) is 5.75 Å². The van der Waals surface area contributed by atoms with Gasteiger partial charge in [0.15, 0.2) is 0 Å². The Bertz CT molecular complexity index is 1010. The average molecular weight is 428 g/mol. The molecule has 1 aliphatic rings. The minimum absolute atomic E-state index is 0.247. The van der Waals surface area contributed by atoms with E-state index >= 15 is 0 Å². The van der Waals surface area contributed by atoms with Crippen LogP contribution in [0, 0.1) is 6.92 Å². The lowest BCUT2D eigenvalue weighted by Gasteiger charge is -2.36.